The Morgan fingerprint density at radius 2 is 1.77 bits per heavy atom. The molecule has 0 fully saturated rings. The van der Waals surface area contributed by atoms with Gasteiger partial charge in [0.2, 0.25) is 15.9 Å². The van der Waals surface area contributed by atoms with Crippen molar-refractivity contribution in [1.29, 1.82) is 0 Å². The van der Waals surface area contributed by atoms with Gasteiger partial charge in [0, 0.05) is 0 Å². The van der Waals surface area contributed by atoms with Gasteiger partial charge in [-0.05, 0) is 69.2 Å². The molecule has 2 rings (SSSR count). The van der Waals surface area contributed by atoms with Crippen LogP contribution >= 0.6 is 0 Å². The molecule has 2 aromatic rings. The number of ether oxygens (including phenoxy) is 2. The highest BCUT2D eigenvalue weighted by atomic mass is 32.2. The first-order valence-corrected chi connectivity index (χ1v) is 11.7. The zero-order valence-electron chi connectivity index (χ0n) is 18.1. The van der Waals surface area contributed by atoms with Crippen LogP contribution in [0.15, 0.2) is 42.5 Å². The molecule has 0 unspecified atom stereocenters. The molecule has 0 saturated carbocycles. The summed E-state index contributed by atoms with van der Waals surface area (Å²) in [6, 6.07) is 11.5. The van der Waals surface area contributed by atoms with Crippen LogP contribution in [0.5, 0.6) is 11.5 Å². The van der Waals surface area contributed by atoms with Gasteiger partial charge >= 0.3 is 0 Å². The van der Waals surface area contributed by atoms with E-state index in [2.05, 4.69) is 5.32 Å². The summed E-state index contributed by atoms with van der Waals surface area (Å²) < 4.78 is 37.0. The number of carbonyl (C=O) groups is 1. The fourth-order valence-corrected chi connectivity index (χ4v) is 4.20. The molecule has 8 heteroatoms. The molecule has 0 aliphatic rings. The predicted molar refractivity (Wildman–Crippen MR) is 119 cm³/mol. The lowest BCUT2D eigenvalue weighted by molar-refractivity contribution is -0.121. The van der Waals surface area contributed by atoms with Crippen LogP contribution in [0.1, 0.15) is 25.0 Å². The van der Waals surface area contributed by atoms with Crippen LogP contribution in [0.4, 0.5) is 5.69 Å². The van der Waals surface area contributed by atoms with E-state index in [0.717, 1.165) is 27.4 Å². The van der Waals surface area contributed by atoms with E-state index in [9.17, 15) is 13.2 Å². The molecular formula is C22H30N2O5S. The van der Waals surface area contributed by atoms with Crippen molar-refractivity contribution in [2.75, 3.05) is 30.3 Å². The summed E-state index contributed by atoms with van der Waals surface area (Å²) in [5.74, 6) is 0.999. The highest BCUT2D eigenvalue weighted by Gasteiger charge is 2.29. The van der Waals surface area contributed by atoms with Crippen molar-refractivity contribution in [3.05, 3.63) is 53.6 Å². The number of hydrogen-bond donors (Lipinski definition) is 1. The standard InChI is InChI=1S/C22H30N2O5S/c1-6-28-20-12-10-19(11-13-20)24(30(5,26)27)18(4)22(25)23-14-15-29-21-9-7-8-16(2)17(21)3/h7-13,18H,6,14-15H2,1-5H3,(H,23,25)/t18-/m0/s1. The molecule has 1 amide bonds. The van der Waals surface area contributed by atoms with E-state index in [1.54, 1.807) is 31.2 Å². The van der Waals surface area contributed by atoms with Gasteiger partial charge in [0.1, 0.15) is 24.1 Å². The highest BCUT2D eigenvalue weighted by molar-refractivity contribution is 7.92. The van der Waals surface area contributed by atoms with Crippen LogP contribution in [0.25, 0.3) is 0 Å². The van der Waals surface area contributed by atoms with Crippen molar-refractivity contribution in [1.82, 2.24) is 5.32 Å². The van der Waals surface area contributed by atoms with Gasteiger partial charge in [-0.3, -0.25) is 9.10 Å². The molecule has 2 aromatic carbocycles. The third-order valence-corrected chi connectivity index (χ3v) is 5.95. The number of hydrogen-bond acceptors (Lipinski definition) is 5. The van der Waals surface area contributed by atoms with Gasteiger partial charge in [-0.1, -0.05) is 12.1 Å². The van der Waals surface area contributed by atoms with Gasteiger partial charge in [0.25, 0.3) is 0 Å². The van der Waals surface area contributed by atoms with Gasteiger partial charge in [0.05, 0.1) is 25.1 Å². The fourth-order valence-electron chi connectivity index (χ4n) is 3.03. The van der Waals surface area contributed by atoms with E-state index in [1.807, 2.05) is 39.0 Å². The molecule has 30 heavy (non-hydrogen) atoms. The normalized spacial score (nSPS) is 12.2. The number of amides is 1. The Hall–Kier alpha value is -2.74. The number of nitrogens with one attached hydrogen (secondary N) is 1. The summed E-state index contributed by atoms with van der Waals surface area (Å²) in [4.78, 5) is 12.6. The second kappa shape index (κ2) is 10.3. The van der Waals surface area contributed by atoms with E-state index in [4.69, 9.17) is 9.47 Å². The minimum Gasteiger partial charge on any atom is -0.494 e. The Morgan fingerprint density at radius 3 is 2.37 bits per heavy atom. The second-order valence-electron chi connectivity index (χ2n) is 7.00. The van der Waals surface area contributed by atoms with Crippen LogP contribution in [0, 0.1) is 13.8 Å². The van der Waals surface area contributed by atoms with E-state index < -0.39 is 22.0 Å². The molecule has 0 spiro atoms. The van der Waals surface area contributed by atoms with Gasteiger partial charge in [-0.15, -0.1) is 0 Å². The first-order valence-electron chi connectivity index (χ1n) is 9.84. The van der Waals surface area contributed by atoms with Crippen molar-refractivity contribution >= 4 is 21.6 Å². The lowest BCUT2D eigenvalue weighted by Gasteiger charge is -2.28. The molecule has 164 valence electrons. The summed E-state index contributed by atoms with van der Waals surface area (Å²) in [5, 5.41) is 2.75. The minimum absolute atomic E-state index is 0.261. The Morgan fingerprint density at radius 1 is 1.10 bits per heavy atom. The van der Waals surface area contributed by atoms with Crippen LogP contribution in [0.3, 0.4) is 0 Å². The molecule has 0 saturated heterocycles. The topological polar surface area (TPSA) is 84.9 Å². The van der Waals surface area contributed by atoms with Crippen molar-refractivity contribution in [3.8, 4) is 11.5 Å². The van der Waals surface area contributed by atoms with Crippen molar-refractivity contribution in [2.45, 2.75) is 33.7 Å². The van der Waals surface area contributed by atoms with E-state index in [1.165, 1.54) is 0 Å². The average Bonchev–Trinajstić information content (AvgIpc) is 2.68. The van der Waals surface area contributed by atoms with Crippen LogP contribution in [0.2, 0.25) is 0 Å². The number of rotatable bonds is 10. The van der Waals surface area contributed by atoms with Crippen molar-refractivity contribution < 1.29 is 22.7 Å². The van der Waals surface area contributed by atoms with Gasteiger partial charge in [-0.2, -0.15) is 0 Å². The zero-order chi connectivity index (χ0) is 22.3. The molecule has 0 aromatic heterocycles. The zero-order valence-corrected chi connectivity index (χ0v) is 19.0. The van der Waals surface area contributed by atoms with E-state index in [-0.39, 0.29) is 13.2 Å². The fraction of sp³-hybridized carbons (Fsp3) is 0.409. The first-order chi connectivity index (χ1) is 14.1. The monoisotopic (exact) mass is 434 g/mol. The number of benzene rings is 2. The molecule has 1 atom stereocenters. The summed E-state index contributed by atoms with van der Waals surface area (Å²) in [6.45, 7) is 8.46. The highest BCUT2D eigenvalue weighted by Crippen LogP contribution is 2.24. The maximum atomic E-state index is 12.6. The Kier molecular flexibility index (Phi) is 8.11. The maximum absolute atomic E-state index is 12.6. The summed E-state index contributed by atoms with van der Waals surface area (Å²) in [6.07, 6.45) is 1.08. The molecular weight excluding hydrogens is 404 g/mol. The number of nitrogens with zero attached hydrogens (tertiary/aromatic N) is 1. The summed E-state index contributed by atoms with van der Waals surface area (Å²) >= 11 is 0. The Balaban J connectivity index is 2.00. The average molecular weight is 435 g/mol. The maximum Gasteiger partial charge on any atom is 0.243 e. The summed E-state index contributed by atoms with van der Waals surface area (Å²) in [7, 11) is -3.67. The first kappa shape index (κ1) is 23.5. The molecule has 0 aliphatic heterocycles. The summed E-state index contributed by atoms with van der Waals surface area (Å²) in [5.41, 5.74) is 2.58. The number of aryl methyl sites for hydroxylation is 1. The predicted octanol–water partition coefficient (Wildman–Crippen LogP) is 3.05. The lowest BCUT2D eigenvalue weighted by Crippen LogP contribution is -2.48. The van der Waals surface area contributed by atoms with E-state index >= 15 is 0 Å². The van der Waals surface area contributed by atoms with Gasteiger partial charge in [0.15, 0.2) is 0 Å². The largest absolute Gasteiger partial charge is 0.494 e. The van der Waals surface area contributed by atoms with Crippen molar-refractivity contribution in [2.24, 2.45) is 0 Å². The minimum atomic E-state index is -3.67. The van der Waals surface area contributed by atoms with Crippen LogP contribution in [-0.4, -0.2) is 46.4 Å². The SMILES string of the molecule is CCOc1ccc(N([C@@H](C)C(=O)NCCOc2cccc(C)c2C)S(C)(=O)=O)cc1. The molecule has 7 nitrogen and oxygen atoms in total. The van der Waals surface area contributed by atoms with Gasteiger partial charge < -0.3 is 14.8 Å². The second-order valence-corrected chi connectivity index (χ2v) is 8.86. The van der Waals surface area contributed by atoms with Crippen LogP contribution < -0.4 is 19.1 Å². The Labute approximate surface area is 179 Å². The molecule has 0 bridgehead atoms. The van der Waals surface area contributed by atoms with Crippen molar-refractivity contribution in [3.63, 3.8) is 0 Å². The molecule has 0 radical (unpaired) electrons. The number of sulfonamides is 1. The third-order valence-electron chi connectivity index (χ3n) is 4.70. The third kappa shape index (κ3) is 6.13. The number of anilines is 1. The number of carbonyl (C=O) groups excluding carboxylic acids is 1. The lowest BCUT2D eigenvalue weighted by atomic mass is 10.1. The molecule has 0 aliphatic carbocycles. The van der Waals surface area contributed by atoms with Crippen LogP contribution in [-0.2, 0) is 14.8 Å². The Bertz CT molecular complexity index is 958. The quantitative estimate of drug-likeness (QED) is 0.581. The molecule has 1 N–H and O–H groups in total. The molecule has 0 heterocycles. The smallest absolute Gasteiger partial charge is 0.243 e. The van der Waals surface area contributed by atoms with E-state index in [0.29, 0.717) is 18.0 Å². The van der Waals surface area contributed by atoms with Gasteiger partial charge in [-0.25, -0.2) is 8.42 Å².